The maximum absolute atomic E-state index is 13.7. The molecule has 1 aliphatic rings. The number of benzene rings is 1. The second-order valence-electron chi connectivity index (χ2n) is 5.20. The van der Waals surface area contributed by atoms with Gasteiger partial charge in [0, 0.05) is 30.5 Å². The third-order valence-corrected chi connectivity index (χ3v) is 4.51. The quantitative estimate of drug-likeness (QED) is 0.873. The fraction of sp³-hybridized carbons (Fsp3) is 0.400. The fourth-order valence-corrected chi connectivity index (χ4v) is 3.46. The Balaban J connectivity index is 2.24. The maximum atomic E-state index is 13.7. The van der Waals surface area contributed by atoms with Crippen molar-refractivity contribution in [3.8, 4) is 0 Å². The van der Waals surface area contributed by atoms with Crippen molar-refractivity contribution in [3.63, 3.8) is 0 Å². The number of hydrogen-bond donors (Lipinski definition) is 2. The van der Waals surface area contributed by atoms with Gasteiger partial charge in [0.15, 0.2) is 0 Å². The molecule has 0 bridgehead atoms. The molecule has 0 aromatic heterocycles. The maximum Gasteiger partial charge on any atom is 0.305 e. The summed E-state index contributed by atoms with van der Waals surface area (Å²) in [7, 11) is 0. The molecule has 8 heteroatoms. The van der Waals surface area contributed by atoms with Gasteiger partial charge in [-0.05, 0) is 18.2 Å². The van der Waals surface area contributed by atoms with Gasteiger partial charge in [0.1, 0.15) is 5.82 Å². The van der Waals surface area contributed by atoms with E-state index in [1.165, 1.54) is 24.0 Å². The number of anilines is 1. The summed E-state index contributed by atoms with van der Waals surface area (Å²) in [4.78, 5) is 36.2. The van der Waals surface area contributed by atoms with Crippen LogP contribution in [0.2, 0.25) is 0 Å². The number of thioether (sulfide) groups is 1. The van der Waals surface area contributed by atoms with Gasteiger partial charge < -0.3 is 15.3 Å². The second-order valence-corrected chi connectivity index (χ2v) is 6.35. The van der Waals surface area contributed by atoms with Crippen molar-refractivity contribution in [1.82, 2.24) is 4.90 Å². The Morgan fingerprint density at radius 3 is 2.83 bits per heavy atom. The van der Waals surface area contributed by atoms with E-state index in [1.54, 1.807) is 11.8 Å². The van der Waals surface area contributed by atoms with Crippen molar-refractivity contribution in [3.05, 3.63) is 29.6 Å². The van der Waals surface area contributed by atoms with Crippen LogP contribution in [0.3, 0.4) is 0 Å². The lowest BCUT2D eigenvalue weighted by molar-refractivity contribution is -0.138. The van der Waals surface area contributed by atoms with Crippen molar-refractivity contribution in [1.29, 1.82) is 0 Å². The molecule has 2 rings (SSSR count). The number of nitrogens with zero attached hydrogens (tertiary/aromatic N) is 1. The zero-order valence-corrected chi connectivity index (χ0v) is 13.4. The van der Waals surface area contributed by atoms with Gasteiger partial charge in [-0.3, -0.25) is 14.4 Å². The van der Waals surface area contributed by atoms with E-state index in [9.17, 15) is 18.8 Å². The molecule has 1 unspecified atom stereocenters. The minimum Gasteiger partial charge on any atom is -0.481 e. The summed E-state index contributed by atoms with van der Waals surface area (Å²) in [5, 5.41) is 11.3. The summed E-state index contributed by atoms with van der Waals surface area (Å²) in [5.41, 5.74) is 0.155. The number of carbonyl (C=O) groups excluding carboxylic acids is 2. The van der Waals surface area contributed by atoms with E-state index in [0.29, 0.717) is 12.3 Å². The van der Waals surface area contributed by atoms with Crippen LogP contribution in [-0.2, 0) is 9.59 Å². The van der Waals surface area contributed by atoms with Crippen molar-refractivity contribution in [2.75, 3.05) is 23.4 Å². The summed E-state index contributed by atoms with van der Waals surface area (Å²) in [6.45, 7) is 1.69. The van der Waals surface area contributed by atoms with Gasteiger partial charge in [-0.25, -0.2) is 4.39 Å². The first-order chi connectivity index (χ1) is 10.9. The van der Waals surface area contributed by atoms with Crippen molar-refractivity contribution in [2.24, 2.45) is 0 Å². The molecule has 1 heterocycles. The molecule has 1 fully saturated rings. The summed E-state index contributed by atoms with van der Waals surface area (Å²) in [6.07, 6.45) is -0.127. The lowest BCUT2D eigenvalue weighted by atomic mass is 10.1. The van der Waals surface area contributed by atoms with E-state index in [-0.39, 0.29) is 23.6 Å². The highest BCUT2D eigenvalue weighted by molar-refractivity contribution is 7.99. The fourth-order valence-electron chi connectivity index (χ4n) is 2.40. The number of rotatable bonds is 4. The number of carboxylic acids is 1. The molecule has 1 aromatic carbocycles. The Morgan fingerprint density at radius 1 is 1.43 bits per heavy atom. The van der Waals surface area contributed by atoms with Gasteiger partial charge in [-0.15, -0.1) is 0 Å². The third kappa shape index (κ3) is 4.44. The number of aliphatic carboxylic acids is 1. The molecule has 1 aromatic rings. The monoisotopic (exact) mass is 340 g/mol. The van der Waals surface area contributed by atoms with Crippen molar-refractivity contribution < 1.29 is 23.9 Å². The Hall–Kier alpha value is -2.09. The average molecular weight is 340 g/mol. The highest BCUT2D eigenvalue weighted by Crippen LogP contribution is 2.23. The number of nitrogens with one attached hydrogen (secondary N) is 1. The van der Waals surface area contributed by atoms with Gasteiger partial charge in [-0.2, -0.15) is 11.8 Å². The largest absolute Gasteiger partial charge is 0.481 e. The van der Waals surface area contributed by atoms with Gasteiger partial charge in [0.25, 0.3) is 5.91 Å². The van der Waals surface area contributed by atoms with E-state index in [1.807, 2.05) is 0 Å². The molecule has 0 spiro atoms. The Bertz CT molecular complexity index is 638. The first-order valence-corrected chi connectivity index (χ1v) is 8.21. The minimum absolute atomic E-state index is 0.0653. The molecular weight excluding hydrogens is 323 g/mol. The van der Waals surface area contributed by atoms with E-state index >= 15 is 0 Å². The summed E-state index contributed by atoms with van der Waals surface area (Å²) >= 11 is 1.60. The van der Waals surface area contributed by atoms with Crippen molar-refractivity contribution >= 4 is 35.2 Å². The van der Waals surface area contributed by atoms with Crippen LogP contribution in [0.5, 0.6) is 0 Å². The lowest BCUT2D eigenvalue weighted by Gasteiger charge is -2.34. The summed E-state index contributed by atoms with van der Waals surface area (Å²) in [5.74, 6) is -1.12. The van der Waals surface area contributed by atoms with Crippen LogP contribution in [0.25, 0.3) is 0 Å². The molecular formula is C15H17FN2O4S. The predicted octanol–water partition coefficient (Wildman–Crippen LogP) is 1.82. The SMILES string of the molecule is CC(=O)Nc1cc(C(=O)N2CCSCC2CC(=O)O)ccc1F. The van der Waals surface area contributed by atoms with Crippen LogP contribution in [0.1, 0.15) is 23.7 Å². The average Bonchev–Trinajstić information content (AvgIpc) is 2.48. The van der Waals surface area contributed by atoms with Gasteiger partial charge in [-0.1, -0.05) is 0 Å². The normalized spacial score (nSPS) is 17.7. The van der Waals surface area contributed by atoms with Crippen molar-refractivity contribution in [2.45, 2.75) is 19.4 Å². The Morgan fingerprint density at radius 2 is 2.17 bits per heavy atom. The zero-order valence-electron chi connectivity index (χ0n) is 12.5. The predicted molar refractivity (Wildman–Crippen MR) is 85.1 cm³/mol. The molecule has 2 amide bonds. The Labute approximate surface area is 137 Å². The van der Waals surface area contributed by atoms with Crippen LogP contribution in [0, 0.1) is 5.82 Å². The number of carbonyl (C=O) groups is 3. The van der Waals surface area contributed by atoms with Crippen LogP contribution in [0.4, 0.5) is 10.1 Å². The molecule has 2 N–H and O–H groups in total. The smallest absolute Gasteiger partial charge is 0.305 e. The van der Waals surface area contributed by atoms with Crippen LogP contribution in [0.15, 0.2) is 18.2 Å². The van der Waals surface area contributed by atoms with Gasteiger partial charge >= 0.3 is 5.97 Å². The molecule has 1 aliphatic heterocycles. The van der Waals surface area contributed by atoms with E-state index in [4.69, 9.17) is 5.11 Å². The first-order valence-electron chi connectivity index (χ1n) is 7.06. The third-order valence-electron chi connectivity index (χ3n) is 3.42. The molecule has 6 nitrogen and oxygen atoms in total. The highest BCUT2D eigenvalue weighted by Gasteiger charge is 2.29. The van der Waals surface area contributed by atoms with Gasteiger partial charge in [0.2, 0.25) is 5.91 Å². The number of carboxylic acid groups (broad SMARTS) is 1. The lowest BCUT2D eigenvalue weighted by Crippen LogP contribution is -2.47. The molecule has 1 saturated heterocycles. The van der Waals surface area contributed by atoms with Crippen LogP contribution >= 0.6 is 11.8 Å². The zero-order chi connectivity index (χ0) is 17.0. The standard InChI is InChI=1S/C15H17FN2O4S/c1-9(19)17-13-6-10(2-3-12(13)16)15(22)18-4-5-23-8-11(18)7-14(20)21/h2-3,6,11H,4-5,7-8H2,1H3,(H,17,19)(H,20,21). The van der Waals surface area contributed by atoms with Crippen LogP contribution in [-0.4, -0.2) is 51.9 Å². The first kappa shape index (κ1) is 17.3. The number of halogens is 1. The van der Waals surface area contributed by atoms with E-state index in [0.717, 1.165) is 11.8 Å². The molecule has 0 saturated carbocycles. The number of amides is 2. The summed E-state index contributed by atoms with van der Waals surface area (Å²) < 4.78 is 13.7. The van der Waals surface area contributed by atoms with Crippen LogP contribution < -0.4 is 5.32 Å². The molecule has 23 heavy (non-hydrogen) atoms. The topological polar surface area (TPSA) is 86.7 Å². The Kier molecular flexibility index (Phi) is 5.59. The molecule has 0 radical (unpaired) electrons. The van der Waals surface area contributed by atoms with E-state index in [2.05, 4.69) is 5.32 Å². The second kappa shape index (κ2) is 7.45. The highest BCUT2D eigenvalue weighted by atomic mass is 32.2. The number of hydrogen-bond acceptors (Lipinski definition) is 4. The van der Waals surface area contributed by atoms with Gasteiger partial charge in [0.05, 0.1) is 18.2 Å². The molecule has 124 valence electrons. The van der Waals surface area contributed by atoms with E-state index < -0.39 is 23.7 Å². The molecule has 0 aliphatic carbocycles. The molecule has 1 atom stereocenters. The minimum atomic E-state index is -0.964. The summed E-state index contributed by atoms with van der Waals surface area (Å²) in [6, 6.07) is 3.33.